The van der Waals surface area contributed by atoms with Crippen LogP contribution >= 0.6 is 11.6 Å². The van der Waals surface area contributed by atoms with Crippen molar-refractivity contribution in [3.8, 4) is 0 Å². The Kier molecular flexibility index (Phi) is 4.86. The minimum absolute atomic E-state index is 0.156. The van der Waals surface area contributed by atoms with Crippen molar-refractivity contribution in [2.75, 3.05) is 12.3 Å². The van der Waals surface area contributed by atoms with Crippen molar-refractivity contribution in [1.82, 2.24) is 5.32 Å². The molecule has 0 atom stereocenters. The molecule has 19 heavy (non-hydrogen) atoms. The fraction of sp³-hybridized carbons (Fsp3) is 0.400. The zero-order valence-electron chi connectivity index (χ0n) is 10.9. The fourth-order valence-electron chi connectivity index (χ4n) is 2.29. The van der Waals surface area contributed by atoms with Gasteiger partial charge < -0.3 is 11.1 Å². The summed E-state index contributed by atoms with van der Waals surface area (Å²) in [5, 5.41) is 3.42. The highest BCUT2D eigenvalue weighted by molar-refractivity contribution is 6.31. The Morgan fingerprint density at radius 2 is 2.21 bits per heavy atom. The van der Waals surface area contributed by atoms with E-state index in [4.69, 9.17) is 17.3 Å². The van der Waals surface area contributed by atoms with Crippen LogP contribution in [0.3, 0.4) is 0 Å². The minimum Gasteiger partial charge on any atom is -0.398 e. The molecule has 0 unspecified atom stereocenters. The van der Waals surface area contributed by atoms with Gasteiger partial charge in [0.1, 0.15) is 0 Å². The number of carbonyl (C=O) groups excluding carboxylic acids is 1. The molecule has 2 rings (SSSR count). The predicted octanol–water partition coefficient (Wildman–Crippen LogP) is 3.54. The molecule has 0 fully saturated rings. The first kappa shape index (κ1) is 13.9. The third-order valence-electron chi connectivity index (χ3n) is 3.38. The lowest BCUT2D eigenvalue weighted by molar-refractivity contribution is 0.0955. The summed E-state index contributed by atoms with van der Waals surface area (Å²) in [6.45, 7) is 0.649. The van der Waals surface area contributed by atoms with Crippen molar-refractivity contribution >= 4 is 23.2 Å². The van der Waals surface area contributed by atoms with Crippen LogP contribution in [0.1, 0.15) is 42.5 Å². The molecule has 0 saturated heterocycles. The van der Waals surface area contributed by atoms with E-state index in [0.717, 1.165) is 12.8 Å². The Bertz CT molecular complexity index is 497. The van der Waals surface area contributed by atoms with E-state index < -0.39 is 0 Å². The molecule has 0 aromatic heterocycles. The van der Waals surface area contributed by atoms with Crippen LogP contribution in [-0.4, -0.2) is 12.5 Å². The molecule has 1 aliphatic carbocycles. The fourth-order valence-corrected chi connectivity index (χ4v) is 2.46. The van der Waals surface area contributed by atoms with Gasteiger partial charge in [-0.1, -0.05) is 23.3 Å². The largest absolute Gasteiger partial charge is 0.398 e. The highest BCUT2D eigenvalue weighted by Gasteiger charge is 2.10. The van der Waals surface area contributed by atoms with E-state index in [1.54, 1.807) is 18.2 Å². The molecular weight excluding hydrogens is 260 g/mol. The van der Waals surface area contributed by atoms with E-state index in [2.05, 4.69) is 11.4 Å². The third-order valence-corrected chi connectivity index (χ3v) is 3.61. The van der Waals surface area contributed by atoms with Gasteiger partial charge in [0.15, 0.2) is 0 Å². The number of nitrogen functional groups attached to an aromatic ring is 1. The lowest BCUT2D eigenvalue weighted by atomic mass is 9.97. The predicted molar refractivity (Wildman–Crippen MR) is 79.4 cm³/mol. The van der Waals surface area contributed by atoms with Crippen molar-refractivity contribution < 1.29 is 4.79 Å². The van der Waals surface area contributed by atoms with Crippen LogP contribution in [0.15, 0.2) is 29.8 Å². The average molecular weight is 279 g/mol. The van der Waals surface area contributed by atoms with Gasteiger partial charge in [-0.15, -0.1) is 0 Å². The molecule has 1 aromatic carbocycles. The maximum atomic E-state index is 12.0. The normalized spacial score (nSPS) is 14.9. The smallest absolute Gasteiger partial charge is 0.253 e. The highest BCUT2D eigenvalue weighted by Crippen LogP contribution is 2.20. The summed E-state index contributed by atoms with van der Waals surface area (Å²) in [6, 6.07) is 4.94. The van der Waals surface area contributed by atoms with Crippen LogP contribution in [0.25, 0.3) is 0 Å². The maximum Gasteiger partial charge on any atom is 0.253 e. The number of hydrogen-bond acceptors (Lipinski definition) is 2. The standard InChI is InChI=1S/C15H19ClN2O/c16-12-6-7-14(17)13(10-12)15(19)18-9-8-11-4-2-1-3-5-11/h4,6-7,10H,1-3,5,8-9,17H2,(H,18,19). The molecule has 0 aliphatic heterocycles. The first-order valence-electron chi connectivity index (χ1n) is 6.68. The lowest BCUT2D eigenvalue weighted by Crippen LogP contribution is -2.25. The van der Waals surface area contributed by atoms with Gasteiger partial charge in [0, 0.05) is 17.3 Å². The highest BCUT2D eigenvalue weighted by atomic mass is 35.5. The van der Waals surface area contributed by atoms with Crippen LogP contribution in [0.5, 0.6) is 0 Å². The SMILES string of the molecule is Nc1ccc(Cl)cc1C(=O)NCCC1=CCCCC1. The molecule has 1 aromatic rings. The van der Waals surface area contributed by atoms with Gasteiger partial charge in [0.25, 0.3) is 5.91 Å². The van der Waals surface area contributed by atoms with E-state index >= 15 is 0 Å². The first-order valence-corrected chi connectivity index (χ1v) is 7.06. The minimum atomic E-state index is -0.156. The van der Waals surface area contributed by atoms with Gasteiger partial charge >= 0.3 is 0 Å². The Morgan fingerprint density at radius 3 is 2.95 bits per heavy atom. The second-order valence-electron chi connectivity index (χ2n) is 4.85. The number of amides is 1. The Labute approximate surface area is 118 Å². The van der Waals surface area contributed by atoms with Gasteiger partial charge in [-0.25, -0.2) is 0 Å². The van der Waals surface area contributed by atoms with Crippen LogP contribution in [0.2, 0.25) is 5.02 Å². The summed E-state index contributed by atoms with van der Waals surface area (Å²) in [5.74, 6) is -0.156. The Hall–Kier alpha value is -1.48. The second-order valence-corrected chi connectivity index (χ2v) is 5.28. The summed E-state index contributed by atoms with van der Waals surface area (Å²) in [6.07, 6.45) is 8.10. The number of carbonyl (C=O) groups is 1. The van der Waals surface area contributed by atoms with E-state index in [0.29, 0.717) is 22.8 Å². The van der Waals surface area contributed by atoms with Crippen molar-refractivity contribution in [1.29, 1.82) is 0 Å². The molecule has 0 bridgehead atoms. The summed E-state index contributed by atoms with van der Waals surface area (Å²) in [5.41, 5.74) is 8.13. The van der Waals surface area contributed by atoms with Gasteiger partial charge in [-0.2, -0.15) is 0 Å². The molecule has 102 valence electrons. The third kappa shape index (κ3) is 4.00. The van der Waals surface area contributed by atoms with Crippen molar-refractivity contribution in [2.24, 2.45) is 0 Å². The molecule has 0 radical (unpaired) electrons. The quantitative estimate of drug-likeness (QED) is 0.654. The number of halogens is 1. The van der Waals surface area contributed by atoms with E-state index in [-0.39, 0.29) is 5.91 Å². The Morgan fingerprint density at radius 1 is 1.37 bits per heavy atom. The lowest BCUT2D eigenvalue weighted by Gasteiger charge is -2.13. The monoisotopic (exact) mass is 278 g/mol. The van der Waals surface area contributed by atoms with Gasteiger partial charge in [0.05, 0.1) is 5.56 Å². The molecule has 0 heterocycles. The summed E-state index contributed by atoms with van der Waals surface area (Å²) in [7, 11) is 0. The zero-order chi connectivity index (χ0) is 13.7. The molecule has 1 amide bonds. The molecule has 0 spiro atoms. The van der Waals surface area contributed by atoms with E-state index in [1.807, 2.05) is 0 Å². The number of anilines is 1. The number of allylic oxidation sites excluding steroid dienone is 1. The molecule has 1 aliphatic rings. The first-order chi connectivity index (χ1) is 9.16. The molecular formula is C15H19ClN2O. The molecule has 3 N–H and O–H groups in total. The number of hydrogen-bond donors (Lipinski definition) is 2. The number of nitrogens with one attached hydrogen (secondary N) is 1. The topological polar surface area (TPSA) is 55.1 Å². The average Bonchev–Trinajstić information content (AvgIpc) is 2.42. The van der Waals surface area contributed by atoms with Gasteiger partial charge in [-0.05, 0) is 50.3 Å². The van der Waals surface area contributed by atoms with Crippen LogP contribution in [0, 0.1) is 0 Å². The number of benzene rings is 1. The number of rotatable bonds is 4. The maximum absolute atomic E-state index is 12.0. The molecule has 3 nitrogen and oxygen atoms in total. The second kappa shape index (κ2) is 6.62. The van der Waals surface area contributed by atoms with Crippen LogP contribution in [-0.2, 0) is 0 Å². The van der Waals surface area contributed by atoms with Gasteiger partial charge in [0.2, 0.25) is 0 Å². The summed E-state index contributed by atoms with van der Waals surface area (Å²) in [4.78, 5) is 12.0. The Balaban J connectivity index is 1.87. The van der Waals surface area contributed by atoms with E-state index in [1.165, 1.54) is 24.8 Å². The van der Waals surface area contributed by atoms with Crippen molar-refractivity contribution in [3.63, 3.8) is 0 Å². The van der Waals surface area contributed by atoms with Crippen LogP contribution < -0.4 is 11.1 Å². The molecule has 4 heteroatoms. The molecule has 0 saturated carbocycles. The van der Waals surface area contributed by atoms with E-state index in [9.17, 15) is 4.79 Å². The van der Waals surface area contributed by atoms with Crippen molar-refractivity contribution in [2.45, 2.75) is 32.1 Å². The summed E-state index contributed by atoms with van der Waals surface area (Å²) < 4.78 is 0. The zero-order valence-corrected chi connectivity index (χ0v) is 11.7. The number of nitrogens with two attached hydrogens (primary N) is 1. The van der Waals surface area contributed by atoms with Gasteiger partial charge in [-0.3, -0.25) is 4.79 Å². The van der Waals surface area contributed by atoms with Crippen LogP contribution in [0.4, 0.5) is 5.69 Å². The summed E-state index contributed by atoms with van der Waals surface area (Å²) >= 11 is 5.87. The van der Waals surface area contributed by atoms with Crippen molar-refractivity contribution in [3.05, 3.63) is 40.4 Å².